The standard InChI is InChI=1S/C23H21N3O3/c27-23-22(19-11-13-21(14-12-19)26(28)29)25(20-9-5-2-6-10-20)16-15-24(23)17-18-7-3-1-4-8-18/h1-14,22H,15-17H2/t22-/m1/s1. The fourth-order valence-electron chi connectivity index (χ4n) is 3.73. The Labute approximate surface area is 169 Å². The van der Waals surface area contributed by atoms with Gasteiger partial charge in [-0.1, -0.05) is 48.5 Å². The summed E-state index contributed by atoms with van der Waals surface area (Å²) in [6.07, 6.45) is 0. The zero-order valence-electron chi connectivity index (χ0n) is 15.8. The second-order valence-corrected chi connectivity index (χ2v) is 7.03. The molecule has 6 heteroatoms. The number of carbonyl (C=O) groups is 1. The summed E-state index contributed by atoms with van der Waals surface area (Å²) in [7, 11) is 0. The minimum Gasteiger partial charge on any atom is -0.354 e. The molecule has 29 heavy (non-hydrogen) atoms. The van der Waals surface area contributed by atoms with Crippen molar-refractivity contribution in [1.29, 1.82) is 0 Å². The van der Waals surface area contributed by atoms with E-state index >= 15 is 0 Å². The predicted molar refractivity (Wildman–Crippen MR) is 111 cm³/mol. The molecule has 1 atom stereocenters. The van der Waals surface area contributed by atoms with Crippen molar-refractivity contribution < 1.29 is 9.72 Å². The molecule has 1 amide bonds. The number of nitro benzene ring substituents is 1. The molecule has 6 nitrogen and oxygen atoms in total. The minimum atomic E-state index is -0.518. The van der Waals surface area contributed by atoms with Crippen molar-refractivity contribution in [2.24, 2.45) is 0 Å². The highest BCUT2D eigenvalue weighted by Gasteiger charge is 2.36. The third-order valence-electron chi connectivity index (χ3n) is 5.19. The molecule has 0 aliphatic carbocycles. The SMILES string of the molecule is O=C1[C@@H](c2ccc([N+](=O)[O-])cc2)N(c2ccccc2)CCN1Cc1ccccc1. The Hall–Kier alpha value is -3.67. The van der Waals surface area contributed by atoms with Gasteiger partial charge in [0.2, 0.25) is 5.91 Å². The van der Waals surface area contributed by atoms with E-state index in [2.05, 4.69) is 4.90 Å². The highest BCUT2D eigenvalue weighted by molar-refractivity contribution is 5.88. The van der Waals surface area contributed by atoms with Gasteiger partial charge in [-0.25, -0.2) is 0 Å². The van der Waals surface area contributed by atoms with Crippen LogP contribution in [0.15, 0.2) is 84.9 Å². The van der Waals surface area contributed by atoms with E-state index in [9.17, 15) is 14.9 Å². The van der Waals surface area contributed by atoms with Crippen LogP contribution >= 0.6 is 0 Å². The number of rotatable bonds is 5. The van der Waals surface area contributed by atoms with Gasteiger partial charge in [0.15, 0.2) is 0 Å². The molecule has 0 spiro atoms. The van der Waals surface area contributed by atoms with Crippen LogP contribution in [0.4, 0.5) is 11.4 Å². The number of amides is 1. The summed E-state index contributed by atoms with van der Waals surface area (Å²) in [5.41, 5.74) is 2.81. The van der Waals surface area contributed by atoms with Crippen molar-refractivity contribution in [3.05, 3.63) is 106 Å². The van der Waals surface area contributed by atoms with Crippen LogP contribution in [-0.2, 0) is 11.3 Å². The summed E-state index contributed by atoms with van der Waals surface area (Å²) < 4.78 is 0. The van der Waals surface area contributed by atoms with Gasteiger partial charge < -0.3 is 9.80 Å². The quantitative estimate of drug-likeness (QED) is 0.486. The second-order valence-electron chi connectivity index (χ2n) is 7.03. The Kier molecular flexibility index (Phi) is 5.24. The van der Waals surface area contributed by atoms with Gasteiger partial charge in [0, 0.05) is 37.5 Å². The summed E-state index contributed by atoms with van der Waals surface area (Å²) in [5, 5.41) is 11.0. The monoisotopic (exact) mass is 387 g/mol. The summed E-state index contributed by atoms with van der Waals surface area (Å²) in [5.74, 6) is -0.00203. The molecule has 0 aromatic heterocycles. The van der Waals surface area contributed by atoms with Crippen LogP contribution in [0.2, 0.25) is 0 Å². The average Bonchev–Trinajstić information content (AvgIpc) is 2.76. The number of piperazine rings is 1. The van der Waals surface area contributed by atoms with Crippen LogP contribution in [0.5, 0.6) is 0 Å². The minimum absolute atomic E-state index is 0.00203. The fraction of sp³-hybridized carbons (Fsp3) is 0.174. The lowest BCUT2D eigenvalue weighted by Crippen LogP contribution is -2.52. The first-order valence-electron chi connectivity index (χ1n) is 9.52. The van der Waals surface area contributed by atoms with E-state index in [-0.39, 0.29) is 11.6 Å². The van der Waals surface area contributed by atoms with Crippen LogP contribution < -0.4 is 4.90 Å². The van der Waals surface area contributed by atoms with E-state index in [0.717, 1.165) is 16.8 Å². The molecule has 0 bridgehead atoms. The topological polar surface area (TPSA) is 66.7 Å². The molecule has 0 unspecified atom stereocenters. The number of hydrogen-bond acceptors (Lipinski definition) is 4. The van der Waals surface area contributed by atoms with Crippen molar-refractivity contribution in [2.45, 2.75) is 12.6 Å². The van der Waals surface area contributed by atoms with Gasteiger partial charge in [-0.2, -0.15) is 0 Å². The molecule has 3 aromatic carbocycles. The van der Waals surface area contributed by atoms with Crippen molar-refractivity contribution in [3.8, 4) is 0 Å². The number of para-hydroxylation sites is 1. The summed E-state index contributed by atoms with van der Waals surface area (Å²) in [4.78, 5) is 28.0. The molecule has 0 saturated carbocycles. The van der Waals surface area contributed by atoms with Gasteiger partial charge in [0.05, 0.1) is 4.92 Å². The Morgan fingerprint density at radius 3 is 2.10 bits per heavy atom. The molecule has 1 aliphatic heterocycles. The van der Waals surface area contributed by atoms with Crippen LogP contribution in [0.1, 0.15) is 17.2 Å². The number of nitro groups is 1. The van der Waals surface area contributed by atoms with Crippen LogP contribution in [0, 0.1) is 10.1 Å². The van der Waals surface area contributed by atoms with Crippen molar-refractivity contribution in [3.63, 3.8) is 0 Å². The van der Waals surface area contributed by atoms with Gasteiger partial charge in [-0.3, -0.25) is 14.9 Å². The molecule has 3 aromatic rings. The molecule has 0 radical (unpaired) electrons. The van der Waals surface area contributed by atoms with E-state index in [1.165, 1.54) is 12.1 Å². The first-order chi connectivity index (χ1) is 14.1. The number of anilines is 1. The van der Waals surface area contributed by atoms with E-state index in [4.69, 9.17) is 0 Å². The smallest absolute Gasteiger partial charge is 0.269 e. The van der Waals surface area contributed by atoms with E-state index in [0.29, 0.717) is 19.6 Å². The average molecular weight is 387 g/mol. The van der Waals surface area contributed by atoms with Gasteiger partial charge in [-0.05, 0) is 35.4 Å². The molecule has 4 rings (SSSR count). The summed E-state index contributed by atoms with van der Waals surface area (Å²) in [6, 6.07) is 25.5. The Morgan fingerprint density at radius 2 is 1.48 bits per heavy atom. The molecule has 1 saturated heterocycles. The molecule has 1 aliphatic rings. The van der Waals surface area contributed by atoms with Gasteiger partial charge >= 0.3 is 0 Å². The Balaban J connectivity index is 1.67. The van der Waals surface area contributed by atoms with Crippen LogP contribution in [0.3, 0.4) is 0 Å². The highest BCUT2D eigenvalue weighted by atomic mass is 16.6. The number of nitrogens with zero attached hydrogens (tertiary/aromatic N) is 3. The van der Waals surface area contributed by atoms with Crippen LogP contribution in [-0.4, -0.2) is 28.8 Å². The molecule has 1 fully saturated rings. The van der Waals surface area contributed by atoms with Crippen molar-refractivity contribution in [1.82, 2.24) is 4.90 Å². The van der Waals surface area contributed by atoms with Crippen LogP contribution in [0.25, 0.3) is 0 Å². The van der Waals surface area contributed by atoms with E-state index < -0.39 is 11.0 Å². The maximum atomic E-state index is 13.5. The fourth-order valence-corrected chi connectivity index (χ4v) is 3.73. The lowest BCUT2D eigenvalue weighted by molar-refractivity contribution is -0.384. The third kappa shape index (κ3) is 3.96. The maximum absolute atomic E-state index is 13.5. The van der Waals surface area contributed by atoms with E-state index in [1.807, 2.05) is 65.6 Å². The summed E-state index contributed by atoms with van der Waals surface area (Å²) >= 11 is 0. The Morgan fingerprint density at radius 1 is 0.862 bits per heavy atom. The first-order valence-corrected chi connectivity index (χ1v) is 9.52. The normalized spacial score (nSPS) is 16.7. The summed E-state index contributed by atoms with van der Waals surface area (Å²) in [6.45, 7) is 1.85. The number of non-ortho nitro benzene ring substituents is 1. The van der Waals surface area contributed by atoms with Gasteiger partial charge in [0.25, 0.3) is 5.69 Å². The largest absolute Gasteiger partial charge is 0.354 e. The maximum Gasteiger partial charge on any atom is 0.269 e. The highest BCUT2D eigenvalue weighted by Crippen LogP contribution is 2.33. The number of benzene rings is 3. The number of carbonyl (C=O) groups excluding carboxylic acids is 1. The van der Waals surface area contributed by atoms with Gasteiger partial charge in [-0.15, -0.1) is 0 Å². The first kappa shape index (κ1) is 18.7. The Bertz CT molecular complexity index is 991. The zero-order valence-corrected chi connectivity index (χ0v) is 15.8. The van der Waals surface area contributed by atoms with E-state index in [1.54, 1.807) is 12.1 Å². The van der Waals surface area contributed by atoms with Crippen molar-refractivity contribution >= 4 is 17.3 Å². The molecule has 146 valence electrons. The number of hydrogen-bond donors (Lipinski definition) is 0. The lowest BCUT2D eigenvalue weighted by Gasteiger charge is -2.42. The molecular weight excluding hydrogens is 366 g/mol. The molecular formula is C23H21N3O3. The predicted octanol–water partition coefficient (Wildman–Crippen LogP) is 4.18. The second kappa shape index (κ2) is 8.14. The lowest BCUT2D eigenvalue weighted by atomic mass is 9.99. The third-order valence-corrected chi connectivity index (χ3v) is 5.19. The molecule has 1 heterocycles. The van der Waals surface area contributed by atoms with Gasteiger partial charge in [0.1, 0.15) is 6.04 Å². The van der Waals surface area contributed by atoms with Crippen molar-refractivity contribution in [2.75, 3.05) is 18.0 Å². The zero-order chi connectivity index (χ0) is 20.2. The molecule has 0 N–H and O–H groups in total.